The summed E-state index contributed by atoms with van der Waals surface area (Å²) in [6.45, 7) is -0.139. The second kappa shape index (κ2) is 6.21. The number of benzene rings is 2. The van der Waals surface area contributed by atoms with Crippen LogP contribution in [0, 0.1) is 11.6 Å². The van der Waals surface area contributed by atoms with Crippen LogP contribution in [0.25, 0.3) is 0 Å². The SMILES string of the molecule is COc1ccc(N)cc1C(=O)NCc1cc(F)ccc1F. The summed E-state index contributed by atoms with van der Waals surface area (Å²) >= 11 is 0. The molecule has 21 heavy (non-hydrogen) atoms. The Labute approximate surface area is 120 Å². The lowest BCUT2D eigenvalue weighted by Gasteiger charge is -2.10. The standard InChI is InChI=1S/C15H14F2N2O2/c1-21-14-5-3-11(18)7-12(14)15(20)19-8-9-6-10(16)2-4-13(9)17/h2-7H,8,18H2,1H3,(H,19,20). The molecule has 0 unspecified atom stereocenters. The van der Waals surface area contributed by atoms with Crippen molar-refractivity contribution in [1.29, 1.82) is 0 Å². The van der Waals surface area contributed by atoms with Gasteiger partial charge in [-0.2, -0.15) is 0 Å². The first-order chi connectivity index (χ1) is 10.0. The molecule has 0 bridgehead atoms. The van der Waals surface area contributed by atoms with Gasteiger partial charge in [0, 0.05) is 17.8 Å². The maximum absolute atomic E-state index is 13.5. The van der Waals surface area contributed by atoms with Crippen molar-refractivity contribution in [3.63, 3.8) is 0 Å². The zero-order chi connectivity index (χ0) is 15.4. The molecule has 1 amide bonds. The third kappa shape index (κ3) is 3.47. The van der Waals surface area contributed by atoms with Gasteiger partial charge in [-0.3, -0.25) is 4.79 Å². The van der Waals surface area contributed by atoms with Gasteiger partial charge in [0.2, 0.25) is 0 Å². The van der Waals surface area contributed by atoms with E-state index in [0.717, 1.165) is 18.2 Å². The molecule has 0 heterocycles. The van der Waals surface area contributed by atoms with Crippen LogP contribution in [0.4, 0.5) is 14.5 Å². The van der Waals surface area contributed by atoms with Gasteiger partial charge in [0.15, 0.2) is 0 Å². The molecule has 0 saturated carbocycles. The number of anilines is 1. The molecule has 2 rings (SSSR count). The molecule has 0 aromatic heterocycles. The zero-order valence-electron chi connectivity index (χ0n) is 11.3. The van der Waals surface area contributed by atoms with Gasteiger partial charge in [-0.25, -0.2) is 8.78 Å². The minimum atomic E-state index is -0.587. The topological polar surface area (TPSA) is 64.3 Å². The first-order valence-electron chi connectivity index (χ1n) is 6.17. The minimum absolute atomic E-state index is 0.0613. The van der Waals surface area contributed by atoms with Crippen molar-refractivity contribution in [3.8, 4) is 5.75 Å². The Kier molecular flexibility index (Phi) is 4.37. The molecule has 110 valence electrons. The quantitative estimate of drug-likeness (QED) is 0.851. The Morgan fingerprint density at radius 1 is 1.24 bits per heavy atom. The molecule has 4 nitrogen and oxygen atoms in total. The van der Waals surface area contributed by atoms with Crippen LogP contribution in [-0.2, 0) is 6.54 Å². The molecule has 0 aliphatic carbocycles. The highest BCUT2D eigenvalue weighted by atomic mass is 19.1. The van der Waals surface area contributed by atoms with Crippen molar-refractivity contribution in [2.45, 2.75) is 6.54 Å². The lowest BCUT2D eigenvalue weighted by atomic mass is 10.1. The third-order valence-corrected chi connectivity index (χ3v) is 2.92. The third-order valence-electron chi connectivity index (χ3n) is 2.92. The summed E-state index contributed by atoms with van der Waals surface area (Å²) in [4.78, 5) is 12.1. The van der Waals surface area contributed by atoms with E-state index >= 15 is 0 Å². The number of hydrogen-bond donors (Lipinski definition) is 2. The van der Waals surface area contributed by atoms with Crippen molar-refractivity contribution in [3.05, 3.63) is 59.2 Å². The van der Waals surface area contributed by atoms with Gasteiger partial charge in [0.1, 0.15) is 17.4 Å². The average molecular weight is 292 g/mol. The Bertz CT molecular complexity index is 675. The van der Waals surface area contributed by atoms with Gasteiger partial charge in [-0.1, -0.05) is 0 Å². The van der Waals surface area contributed by atoms with Crippen molar-refractivity contribution in [2.75, 3.05) is 12.8 Å². The Balaban J connectivity index is 2.15. The van der Waals surface area contributed by atoms with E-state index in [1.165, 1.54) is 13.2 Å². The van der Waals surface area contributed by atoms with E-state index in [0.29, 0.717) is 11.4 Å². The van der Waals surface area contributed by atoms with Crippen LogP contribution in [0.1, 0.15) is 15.9 Å². The molecular formula is C15H14F2N2O2. The molecule has 0 saturated heterocycles. The number of rotatable bonds is 4. The number of nitrogens with two attached hydrogens (primary N) is 1. The van der Waals surface area contributed by atoms with Crippen LogP contribution in [0.5, 0.6) is 5.75 Å². The molecule has 0 radical (unpaired) electrons. The van der Waals surface area contributed by atoms with Crippen LogP contribution in [0.2, 0.25) is 0 Å². The fraction of sp³-hybridized carbons (Fsp3) is 0.133. The van der Waals surface area contributed by atoms with E-state index in [4.69, 9.17) is 10.5 Å². The zero-order valence-corrected chi connectivity index (χ0v) is 11.3. The highest BCUT2D eigenvalue weighted by molar-refractivity contribution is 5.97. The molecular weight excluding hydrogens is 278 g/mol. The van der Waals surface area contributed by atoms with Crippen LogP contribution < -0.4 is 15.8 Å². The van der Waals surface area contributed by atoms with Crippen LogP contribution in [0.3, 0.4) is 0 Å². The number of hydrogen-bond acceptors (Lipinski definition) is 3. The molecule has 0 atom stereocenters. The molecule has 0 fully saturated rings. The number of halogens is 2. The summed E-state index contributed by atoms with van der Waals surface area (Å²) in [6, 6.07) is 7.68. The van der Waals surface area contributed by atoms with Crippen LogP contribution in [0.15, 0.2) is 36.4 Å². The fourth-order valence-corrected chi connectivity index (χ4v) is 1.85. The smallest absolute Gasteiger partial charge is 0.255 e. The number of nitrogens with one attached hydrogen (secondary N) is 1. The van der Waals surface area contributed by atoms with Gasteiger partial charge in [-0.05, 0) is 36.4 Å². The Morgan fingerprint density at radius 3 is 2.71 bits per heavy atom. The summed E-state index contributed by atoms with van der Waals surface area (Å²) in [7, 11) is 1.43. The first kappa shape index (κ1) is 14.8. The maximum Gasteiger partial charge on any atom is 0.255 e. The van der Waals surface area contributed by atoms with Crippen molar-refractivity contribution < 1.29 is 18.3 Å². The van der Waals surface area contributed by atoms with Crippen molar-refractivity contribution >= 4 is 11.6 Å². The highest BCUT2D eigenvalue weighted by Gasteiger charge is 2.13. The van der Waals surface area contributed by atoms with E-state index in [1.807, 2.05) is 0 Å². The Morgan fingerprint density at radius 2 is 2.00 bits per heavy atom. The number of carbonyl (C=O) groups excluding carboxylic acids is 1. The van der Waals surface area contributed by atoms with E-state index < -0.39 is 17.5 Å². The summed E-state index contributed by atoms with van der Waals surface area (Å²) in [5.74, 6) is -1.29. The van der Waals surface area contributed by atoms with Crippen LogP contribution in [-0.4, -0.2) is 13.0 Å². The minimum Gasteiger partial charge on any atom is -0.496 e. The predicted octanol–water partition coefficient (Wildman–Crippen LogP) is 2.49. The van der Waals surface area contributed by atoms with Crippen molar-refractivity contribution in [2.24, 2.45) is 0 Å². The summed E-state index contributed by atoms with van der Waals surface area (Å²) < 4.78 is 31.6. The largest absolute Gasteiger partial charge is 0.496 e. The van der Waals surface area contributed by atoms with Crippen LogP contribution >= 0.6 is 0 Å². The van der Waals surface area contributed by atoms with Gasteiger partial charge in [-0.15, -0.1) is 0 Å². The van der Waals surface area contributed by atoms with Gasteiger partial charge >= 0.3 is 0 Å². The maximum atomic E-state index is 13.5. The van der Waals surface area contributed by atoms with E-state index in [1.54, 1.807) is 12.1 Å². The van der Waals surface area contributed by atoms with Gasteiger partial charge in [0.25, 0.3) is 5.91 Å². The molecule has 0 aliphatic heterocycles. The second-order valence-corrected chi connectivity index (χ2v) is 4.38. The van der Waals surface area contributed by atoms with E-state index in [2.05, 4.69) is 5.32 Å². The normalized spacial score (nSPS) is 10.2. The predicted molar refractivity (Wildman–Crippen MR) is 74.9 cm³/mol. The number of nitrogen functional groups attached to an aromatic ring is 1. The first-order valence-corrected chi connectivity index (χ1v) is 6.17. The monoisotopic (exact) mass is 292 g/mol. The average Bonchev–Trinajstić information content (AvgIpc) is 2.47. The molecule has 3 N–H and O–H groups in total. The summed E-state index contributed by atoms with van der Waals surface area (Å²) in [6.07, 6.45) is 0. The number of ether oxygens (including phenoxy) is 1. The molecule has 2 aromatic rings. The molecule has 0 spiro atoms. The fourth-order valence-electron chi connectivity index (χ4n) is 1.85. The lowest BCUT2D eigenvalue weighted by molar-refractivity contribution is 0.0947. The van der Waals surface area contributed by atoms with Crippen molar-refractivity contribution in [1.82, 2.24) is 5.32 Å². The number of carbonyl (C=O) groups is 1. The molecule has 2 aromatic carbocycles. The number of amides is 1. The van der Waals surface area contributed by atoms with E-state index in [-0.39, 0.29) is 17.7 Å². The summed E-state index contributed by atoms with van der Waals surface area (Å²) in [5.41, 5.74) is 6.32. The Hall–Kier alpha value is -2.63. The second-order valence-electron chi connectivity index (χ2n) is 4.38. The number of methoxy groups -OCH3 is 1. The molecule has 6 heteroatoms. The lowest BCUT2D eigenvalue weighted by Crippen LogP contribution is -2.24. The summed E-state index contributed by atoms with van der Waals surface area (Å²) in [5, 5.41) is 2.50. The highest BCUT2D eigenvalue weighted by Crippen LogP contribution is 2.21. The van der Waals surface area contributed by atoms with E-state index in [9.17, 15) is 13.6 Å². The van der Waals surface area contributed by atoms with Gasteiger partial charge in [0.05, 0.1) is 12.7 Å². The molecule has 0 aliphatic rings. The van der Waals surface area contributed by atoms with Gasteiger partial charge < -0.3 is 15.8 Å².